The molecule has 0 radical (unpaired) electrons. The molecule has 0 bridgehead atoms. The number of hydrogen-bond acceptors (Lipinski definition) is 5. The molecule has 0 spiro atoms. The second-order valence-corrected chi connectivity index (χ2v) is 9.44. The molecule has 3 heterocycles. The summed E-state index contributed by atoms with van der Waals surface area (Å²) in [6, 6.07) is 5.40. The number of ether oxygens (including phenoxy) is 2. The first kappa shape index (κ1) is 23.1. The number of likely N-dealkylation sites (tertiary alicyclic amines) is 1. The lowest BCUT2D eigenvalue weighted by molar-refractivity contribution is -0.134. The maximum atomic E-state index is 12.8. The monoisotopic (exact) mass is 454 g/mol. The van der Waals surface area contributed by atoms with Crippen LogP contribution in [0.15, 0.2) is 18.2 Å². The summed E-state index contributed by atoms with van der Waals surface area (Å²) in [4.78, 5) is 27.4. The van der Waals surface area contributed by atoms with Gasteiger partial charge in [-0.1, -0.05) is 13.8 Å². The highest BCUT2D eigenvalue weighted by Gasteiger charge is 2.28. The first-order valence-electron chi connectivity index (χ1n) is 11.8. The average molecular weight is 455 g/mol. The van der Waals surface area contributed by atoms with Gasteiger partial charge in [-0.25, -0.2) is 0 Å². The van der Waals surface area contributed by atoms with E-state index in [2.05, 4.69) is 35.9 Å². The van der Waals surface area contributed by atoms with Crippen LogP contribution in [0.1, 0.15) is 50.1 Å². The van der Waals surface area contributed by atoms with E-state index in [1.165, 1.54) is 5.56 Å². The zero-order valence-electron chi connectivity index (χ0n) is 20.0. The Morgan fingerprint density at radius 2 is 1.88 bits per heavy atom. The van der Waals surface area contributed by atoms with Crippen molar-refractivity contribution in [2.24, 2.45) is 11.8 Å². The molecule has 4 rings (SSSR count). The number of anilines is 1. The van der Waals surface area contributed by atoms with Crippen molar-refractivity contribution in [2.75, 3.05) is 25.2 Å². The number of aromatic nitrogens is 2. The standard InChI is InChI=1S/C25H34N4O4/c1-16(2)14-29-18(4)21(17(3)27-29)6-8-24(30)28-11-9-19(10-12-28)25(31)26-20-5-7-22-23(13-20)33-15-32-22/h5,7,13,16,19H,6,8-12,14-15H2,1-4H3,(H,26,31). The van der Waals surface area contributed by atoms with Gasteiger partial charge in [0.05, 0.1) is 5.69 Å². The molecule has 1 aromatic heterocycles. The third-order valence-corrected chi connectivity index (χ3v) is 6.52. The summed E-state index contributed by atoms with van der Waals surface area (Å²) in [6.07, 6.45) is 2.53. The Balaban J connectivity index is 1.25. The Morgan fingerprint density at radius 1 is 1.15 bits per heavy atom. The maximum Gasteiger partial charge on any atom is 0.231 e. The van der Waals surface area contributed by atoms with Crippen LogP contribution in [0, 0.1) is 25.7 Å². The van der Waals surface area contributed by atoms with Crippen molar-refractivity contribution in [2.45, 2.75) is 59.9 Å². The van der Waals surface area contributed by atoms with E-state index in [1.807, 2.05) is 17.9 Å². The maximum absolute atomic E-state index is 12.8. The molecule has 0 saturated carbocycles. The molecule has 8 nitrogen and oxygen atoms in total. The molecule has 0 aliphatic carbocycles. The van der Waals surface area contributed by atoms with E-state index in [9.17, 15) is 9.59 Å². The lowest BCUT2D eigenvalue weighted by atomic mass is 9.95. The molecule has 2 aromatic rings. The van der Waals surface area contributed by atoms with Crippen LogP contribution in [-0.2, 0) is 22.6 Å². The van der Waals surface area contributed by atoms with Crippen LogP contribution < -0.4 is 14.8 Å². The van der Waals surface area contributed by atoms with Gasteiger partial charge in [0, 0.05) is 49.4 Å². The fourth-order valence-corrected chi connectivity index (χ4v) is 4.62. The third-order valence-electron chi connectivity index (χ3n) is 6.52. The summed E-state index contributed by atoms with van der Waals surface area (Å²) in [5, 5.41) is 7.63. The first-order chi connectivity index (χ1) is 15.8. The minimum absolute atomic E-state index is 0.00946. The molecule has 2 amide bonds. The van der Waals surface area contributed by atoms with Crippen LogP contribution >= 0.6 is 0 Å². The smallest absolute Gasteiger partial charge is 0.231 e. The van der Waals surface area contributed by atoms with Gasteiger partial charge in [0.1, 0.15) is 0 Å². The molecule has 2 aliphatic rings. The highest BCUT2D eigenvalue weighted by Crippen LogP contribution is 2.34. The van der Waals surface area contributed by atoms with Crippen LogP contribution in [-0.4, -0.2) is 46.4 Å². The number of rotatable bonds is 7. The Bertz CT molecular complexity index is 1020. The highest BCUT2D eigenvalue weighted by atomic mass is 16.7. The summed E-state index contributed by atoms with van der Waals surface area (Å²) >= 11 is 0. The van der Waals surface area contributed by atoms with E-state index in [1.54, 1.807) is 12.1 Å². The Hall–Kier alpha value is -3.03. The van der Waals surface area contributed by atoms with Gasteiger partial charge in [0.15, 0.2) is 11.5 Å². The van der Waals surface area contributed by atoms with E-state index in [4.69, 9.17) is 9.47 Å². The van der Waals surface area contributed by atoms with Gasteiger partial charge < -0.3 is 19.7 Å². The van der Waals surface area contributed by atoms with E-state index < -0.39 is 0 Å². The van der Waals surface area contributed by atoms with Gasteiger partial charge in [0.2, 0.25) is 18.6 Å². The second kappa shape index (κ2) is 9.85. The molecule has 1 aromatic carbocycles. The quantitative estimate of drug-likeness (QED) is 0.690. The van der Waals surface area contributed by atoms with Crippen LogP contribution in [0.2, 0.25) is 0 Å². The number of nitrogens with zero attached hydrogens (tertiary/aromatic N) is 3. The predicted molar refractivity (Wildman–Crippen MR) is 125 cm³/mol. The van der Waals surface area contributed by atoms with E-state index in [-0.39, 0.29) is 24.5 Å². The fourth-order valence-electron chi connectivity index (χ4n) is 4.62. The van der Waals surface area contributed by atoms with Crippen molar-refractivity contribution in [3.05, 3.63) is 35.2 Å². The largest absolute Gasteiger partial charge is 0.454 e. The molecular weight excluding hydrogens is 420 g/mol. The predicted octanol–water partition coefficient (Wildman–Crippen LogP) is 3.69. The number of carbonyl (C=O) groups excluding carboxylic acids is 2. The second-order valence-electron chi connectivity index (χ2n) is 9.44. The molecule has 0 unspecified atom stereocenters. The van der Waals surface area contributed by atoms with Gasteiger partial charge in [0.25, 0.3) is 0 Å². The molecule has 1 fully saturated rings. The van der Waals surface area contributed by atoms with Crippen LogP contribution in [0.3, 0.4) is 0 Å². The molecular formula is C25H34N4O4. The topological polar surface area (TPSA) is 85.7 Å². The van der Waals surface area contributed by atoms with Gasteiger partial charge in [-0.2, -0.15) is 5.10 Å². The molecule has 178 valence electrons. The first-order valence-corrected chi connectivity index (χ1v) is 11.8. The number of amides is 2. The number of aryl methyl sites for hydroxylation is 1. The Kier molecular flexibility index (Phi) is 6.91. The number of nitrogens with one attached hydrogen (secondary N) is 1. The summed E-state index contributed by atoms with van der Waals surface area (Å²) < 4.78 is 12.7. The molecule has 0 atom stereocenters. The number of benzene rings is 1. The number of carbonyl (C=O) groups is 2. The zero-order valence-corrected chi connectivity index (χ0v) is 20.0. The van der Waals surface area contributed by atoms with Crippen molar-refractivity contribution in [1.29, 1.82) is 0 Å². The van der Waals surface area contributed by atoms with Gasteiger partial charge in [-0.3, -0.25) is 14.3 Å². The summed E-state index contributed by atoms with van der Waals surface area (Å²) in [6.45, 7) is 10.8. The van der Waals surface area contributed by atoms with Crippen LogP contribution in [0.25, 0.3) is 0 Å². The van der Waals surface area contributed by atoms with Crippen molar-refractivity contribution in [1.82, 2.24) is 14.7 Å². The van der Waals surface area contributed by atoms with Gasteiger partial charge in [-0.05, 0) is 56.7 Å². The number of hydrogen-bond donors (Lipinski definition) is 1. The summed E-state index contributed by atoms with van der Waals surface area (Å²) in [7, 11) is 0. The summed E-state index contributed by atoms with van der Waals surface area (Å²) in [5.41, 5.74) is 4.06. The molecule has 33 heavy (non-hydrogen) atoms. The highest BCUT2D eigenvalue weighted by molar-refractivity contribution is 5.93. The molecule has 1 N–H and O–H groups in total. The molecule has 2 aliphatic heterocycles. The summed E-state index contributed by atoms with van der Waals surface area (Å²) in [5.74, 6) is 1.91. The molecule has 1 saturated heterocycles. The lowest BCUT2D eigenvalue weighted by Gasteiger charge is -2.31. The molecule has 8 heteroatoms. The van der Waals surface area contributed by atoms with E-state index in [0.29, 0.717) is 61.9 Å². The van der Waals surface area contributed by atoms with Gasteiger partial charge in [-0.15, -0.1) is 0 Å². The Morgan fingerprint density at radius 3 is 2.61 bits per heavy atom. The van der Waals surface area contributed by atoms with E-state index in [0.717, 1.165) is 17.9 Å². The lowest BCUT2D eigenvalue weighted by Crippen LogP contribution is -2.41. The zero-order chi connectivity index (χ0) is 23.5. The minimum Gasteiger partial charge on any atom is -0.454 e. The average Bonchev–Trinajstić information content (AvgIpc) is 3.35. The van der Waals surface area contributed by atoms with Crippen LogP contribution in [0.4, 0.5) is 5.69 Å². The van der Waals surface area contributed by atoms with Crippen molar-refractivity contribution < 1.29 is 19.1 Å². The van der Waals surface area contributed by atoms with Crippen molar-refractivity contribution >= 4 is 17.5 Å². The van der Waals surface area contributed by atoms with Crippen molar-refractivity contribution in [3.63, 3.8) is 0 Å². The fraction of sp³-hybridized carbons (Fsp3) is 0.560. The van der Waals surface area contributed by atoms with E-state index >= 15 is 0 Å². The normalized spacial score (nSPS) is 15.8. The number of fused-ring (bicyclic) bond motifs is 1. The SMILES string of the molecule is Cc1nn(CC(C)C)c(C)c1CCC(=O)N1CCC(C(=O)Nc2ccc3c(c2)OCO3)CC1. The minimum atomic E-state index is -0.0989. The number of piperidine rings is 1. The van der Waals surface area contributed by atoms with Crippen molar-refractivity contribution in [3.8, 4) is 11.5 Å². The van der Waals surface area contributed by atoms with Crippen LogP contribution in [0.5, 0.6) is 11.5 Å². The van der Waals surface area contributed by atoms with Gasteiger partial charge >= 0.3 is 0 Å². The third kappa shape index (κ3) is 5.31. The Labute approximate surface area is 195 Å².